The molecule has 1 heterocycles. The van der Waals surface area contributed by atoms with Gasteiger partial charge in [0.2, 0.25) is 0 Å². The number of amides is 1. The van der Waals surface area contributed by atoms with Crippen molar-refractivity contribution in [1.82, 2.24) is 15.3 Å². The first-order valence-electron chi connectivity index (χ1n) is 3.67. The van der Waals surface area contributed by atoms with Gasteiger partial charge in [-0.25, -0.2) is 9.97 Å². The molecule has 1 amide bonds. The number of aromatic nitrogens is 2. The molecule has 104 valence electrons. The number of rotatable bonds is 2. The number of nitrogens with two attached hydrogens (primary N) is 3. The molecule has 10 nitrogen and oxygen atoms in total. The first kappa shape index (κ1) is 21.4. The van der Waals surface area contributed by atoms with E-state index in [-0.39, 0.29) is 45.8 Å². The van der Waals surface area contributed by atoms with Crippen molar-refractivity contribution in [3.63, 3.8) is 0 Å². The Labute approximate surface area is 113 Å². The highest BCUT2D eigenvalue weighted by atomic mass is 35.5. The Hall–Kier alpha value is -1.88. The summed E-state index contributed by atoms with van der Waals surface area (Å²) in [6, 6.07) is 0. The second-order valence-corrected chi connectivity index (χ2v) is 2.74. The van der Waals surface area contributed by atoms with E-state index in [1.165, 1.54) is 0 Å². The number of hydrogen-bond donors (Lipinski definition) is 4. The Morgan fingerprint density at radius 2 is 1.83 bits per heavy atom. The maximum Gasteiger partial charge on any atom is 0.278 e. The van der Waals surface area contributed by atoms with E-state index in [1.807, 2.05) is 0 Å². The second-order valence-electron chi connectivity index (χ2n) is 2.39. The molecule has 0 atom stereocenters. The van der Waals surface area contributed by atoms with Crippen molar-refractivity contribution in [2.75, 3.05) is 11.5 Å². The highest BCUT2D eigenvalue weighted by Gasteiger charge is 2.14. The molecule has 0 unspecified atom stereocenters. The number of anilines is 2. The zero-order valence-corrected chi connectivity index (χ0v) is 10.4. The normalized spacial score (nSPS) is 8.72. The molecule has 1 rings (SSSR count). The SMILES string of the molecule is Cl.NN=CNC(=O)c1nc(Cl)c(N)nc1N.O.O. The predicted octanol–water partition coefficient (Wildman–Crippen LogP) is -2.30. The fourth-order valence-corrected chi connectivity index (χ4v) is 0.900. The van der Waals surface area contributed by atoms with Crippen molar-refractivity contribution in [3.05, 3.63) is 10.8 Å². The van der Waals surface area contributed by atoms with Crippen LogP contribution in [0.4, 0.5) is 11.6 Å². The average molecular weight is 302 g/mol. The number of hydrazone groups is 1. The Morgan fingerprint density at radius 3 is 2.33 bits per heavy atom. The molecule has 0 radical (unpaired) electrons. The molecule has 0 aliphatic rings. The monoisotopic (exact) mass is 301 g/mol. The molecule has 0 aromatic carbocycles. The maximum absolute atomic E-state index is 11.3. The number of hydrogen-bond acceptors (Lipinski definition) is 7. The highest BCUT2D eigenvalue weighted by molar-refractivity contribution is 6.31. The lowest BCUT2D eigenvalue weighted by Crippen LogP contribution is -2.25. The summed E-state index contributed by atoms with van der Waals surface area (Å²) in [6.45, 7) is 0. The third kappa shape index (κ3) is 4.97. The van der Waals surface area contributed by atoms with Gasteiger partial charge in [0, 0.05) is 0 Å². The van der Waals surface area contributed by atoms with Crippen LogP contribution in [0.25, 0.3) is 0 Å². The van der Waals surface area contributed by atoms with Gasteiger partial charge in [-0.05, 0) is 0 Å². The van der Waals surface area contributed by atoms with Gasteiger partial charge in [0.25, 0.3) is 5.91 Å². The van der Waals surface area contributed by atoms with Gasteiger partial charge in [0.1, 0.15) is 6.34 Å². The molecule has 12 heteroatoms. The summed E-state index contributed by atoms with van der Waals surface area (Å²) < 4.78 is 0. The van der Waals surface area contributed by atoms with Gasteiger partial charge < -0.3 is 33.6 Å². The number of carbonyl (C=O) groups is 1. The van der Waals surface area contributed by atoms with E-state index < -0.39 is 5.91 Å². The van der Waals surface area contributed by atoms with E-state index in [2.05, 4.69) is 20.4 Å². The first-order chi connectivity index (χ1) is 7.06. The average Bonchev–Trinajstić information content (AvgIpc) is 2.20. The fourth-order valence-electron chi connectivity index (χ4n) is 0.773. The Morgan fingerprint density at radius 1 is 1.28 bits per heavy atom. The molecular formula is C6H13Cl2N7O3. The van der Waals surface area contributed by atoms with Crippen molar-refractivity contribution in [2.45, 2.75) is 0 Å². The molecule has 0 spiro atoms. The lowest BCUT2D eigenvalue weighted by atomic mass is 10.4. The van der Waals surface area contributed by atoms with Crippen molar-refractivity contribution in [3.8, 4) is 0 Å². The van der Waals surface area contributed by atoms with Crippen LogP contribution in [0.1, 0.15) is 10.5 Å². The summed E-state index contributed by atoms with van der Waals surface area (Å²) in [5, 5.41) is 5.17. The molecule has 0 aliphatic heterocycles. The lowest BCUT2D eigenvalue weighted by Gasteiger charge is -2.04. The number of halogens is 2. The van der Waals surface area contributed by atoms with E-state index in [0.29, 0.717) is 0 Å². The molecule has 18 heavy (non-hydrogen) atoms. The van der Waals surface area contributed by atoms with Crippen molar-refractivity contribution in [1.29, 1.82) is 0 Å². The minimum atomic E-state index is -0.629. The van der Waals surface area contributed by atoms with Gasteiger partial charge in [0.15, 0.2) is 22.5 Å². The van der Waals surface area contributed by atoms with E-state index >= 15 is 0 Å². The summed E-state index contributed by atoms with van der Waals surface area (Å²) in [7, 11) is 0. The minimum absolute atomic E-state index is 0. The van der Waals surface area contributed by atoms with Crippen LogP contribution in [0.3, 0.4) is 0 Å². The Bertz CT molecular complexity index is 428. The fraction of sp³-hybridized carbons (Fsp3) is 0. The molecule has 0 aliphatic carbocycles. The molecule has 11 N–H and O–H groups in total. The minimum Gasteiger partial charge on any atom is -0.412 e. The van der Waals surface area contributed by atoms with Gasteiger partial charge in [-0.3, -0.25) is 4.79 Å². The summed E-state index contributed by atoms with van der Waals surface area (Å²) in [5.74, 6) is 3.99. The van der Waals surface area contributed by atoms with Crippen LogP contribution >= 0.6 is 24.0 Å². The van der Waals surface area contributed by atoms with Gasteiger partial charge >= 0.3 is 0 Å². The van der Waals surface area contributed by atoms with E-state index in [1.54, 1.807) is 0 Å². The van der Waals surface area contributed by atoms with Crippen LogP contribution in [-0.2, 0) is 0 Å². The molecule has 0 bridgehead atoms. The van der Waals surface area contributed by atoms with Crippen LogP contribution in [0.5, 0.6) is 0 Å². The van der Waals surface area contributed by atoms with Crippen LogP contribution in [0, 0.1) is 0 Å². The zero-order valence-electron chi connectivity index (χ0n) is 8.85. The van der Waals surface area contributed by atoms with Gasteiger partial charge in [-0.2, -0.15) is 5.10 Å². The predicted molar refractivity (Wildman–Crippen MR) is 70.5 cm³/mol. The lowest BCUT2D eigenvalue weighted by molar-refractivity contribution is 0.0974. The largest absolute Gasteiger partial charge is 0.412 e. The summed E-state index contributed by atoms with van der Waals surface area (Å²) in [6.07, 6.45) is 0.980. The molecule has 1 aromatic rings. The van der Waals surface area contributed by atoms with Crippen molar-refractivity contribution in [2.24, 2.45) is 10.9 Å². The number of nitrogens with zero attached hydrogens (tertiary/aromatic N) is 3. The molecule has 1 aromatic heterocycles. The maximum atomic E-state index is 11.3. The highest BCUT2D eigenvalue weighted by Crippen LogP contribution is 2.16. The third-order valence-electron chi connectivity index (χ3n) is 1.39. The van der Waals surface area contributed by atoms with Crippen LogP contribution in [-0.4, -0.2) is 33.2 Å². The second kappa shape index (κ2) is 9.18. The summed E-state index contributed by atoms with van der Waals surface area (Å²) >= 11 is 5.57. The number of carbonyl (C=O) groups excluding carboxylic acids is 1. The number of nitrogen functional groups attached to an aromatic ring is 2. The van der Waals surface area contributed by atoms with Gasteiger partial charge in [0.05, 0.1) is 0 Å². The van der Waals surface area contributed by atoms with Crippen molar-refractivity contribution >= 4 is 47.9 Å². The van der Waals surface area contributed by atoms with Crippen LogP contribution in [0.2, 0.25) is 5.15 Å². The molecule has 0 saturated heterocycles. The first-order valence-corrected chi connectivity index (χ1v) is 4.05. The van der Waals surface area contributed by atoms with Gasteiger partial charge in [-0.1, -0.05) is 11.6 Å². The Kier molecular flexibility index (Phi) is 10.9. The Balaban J connectivity index is -0.000000750. The van der Waals surface area contributed by atoms with E-state index in [0.717, 1.165) is 6.34 Å². The molecular weight excluding hydrogens is 289 g/mol. The smallest absolute Gasteiger partial charge is 0.278 e. The number of nitrogens with one attached hydrogen (secondary N) is 1. The quantitative estimate of drug-likeness (QED) is 0.204. The van der Waals surface area contributed by atoms with Crippen molar-refractivity contribution < 1.29 is 15.7 Å². The third-order valence-corrected chi connectivity index (χ3v) is 1.67. The summed E-state index contributed by atoms with van der Waals surface area (Å²) in [4.78, 5) is 18.6. The van der Waals surface area contributed by atoms with Gasteiger partial charge in [-0.15, -0.1) is 12.4 Å². The van der Waals surface area contributed by atoms with Crippen LogP contribution < -0.4 is 22.6 Å². The molecule has 0 saturated carbocycles. The van der Waals surface area contributed by atoms with E-state index in [9.17, 15) is 4.79 Å². The standard InChI is InChI=1S/C6H8ClN7O.ClH.2H2O/c7-3-5(9)14-4(8)2(13-3)6(15)11-1-12-10;;;/h1H,10H2,(H4,8,9,14)(H,11,12,15);1H;2*1H2. The zero-order chi connectivity index (χ0) is 11.4. The molecule has 0 fully saturated rings. The van der Waals surface area contributed by atoms with Crippen LogP contribution in [0.15, 0.2) is 5.10 Å². The van der Waals surface area contributed by atoms with E-state index in [4.69, 9.17) is 28.9 Å². The summed E-state index contributed by atoms with van der Waals surface area (Å²) in [5.41, 5.74) is 10.6. The topological polar surface area (TPSA) is 208 Å².